The van der Waals surface area contributed by atoms with Gasteiger partial charge in [-0.3, -0.25) is 33.8 Å². The third kappa shape index (κ3) is 12.9. The zero-order valence-corrected chi connectivity index (χ0v) is 47.7. The van der Waals surface area contributed by atoms with Crippen molar-refractivity contribution in [3.63, 3.8) is 0 Å². The van der Waals surface area contributed by atoms with Crippen molar-refractivity contribution in [3.8, 4) is 0 Å². The molecule has 0 radical (unpaired) electrons. The normalized spacial score (nSPS) is 23.2. The smallest absolute Gasteiger partial charge is 0.255 e. The summed E-state index contributed by atoms with van der Waals surface area (Å²) >= 11 is 0. The molecule has 0 saturated carbocycles. The van der Waals surface area contributed by atoms with Crippen LogP contribution in [0.5, 0.6) is 0 Å². The monoisotopic (exact) mass is 1140 g/mol. The van der Waals surface area contributed by atoms with Gasteiger partial charge in [-0.15, -0.1) is 0 Å². The molecule has 7 N–H and O–H groups in total. The lowest BCUT2D eigenvalue weighted by Crippen LogP contribution is -2.62. The van der Waals surface area contributed by atoms with Gasteiger partial charge in [-0.05, 0) is 154 Å². The number of nitrogens with zero attached hydrogens (tertiary/aromatic N) is 4. The van der Waals surface area contributed by atoms with E-state index in [4.69, 9.17) is 15.2 Å². The van der Waals surface area contributed by atoms with Gasteiger partial charge in [0.25, 0.3) is 11.8 Å². The Hall–Kier alpha value is -7.04. The molecule has 2 unspecified atom stereocenters. The Morgan fingerprint density at radius 3 is 2.24 bits per heavy atom. The van der Waals surface area contributed by atoms with Gasteiger partial charge in [0, 0.05) is 105 Å². The van der Waals surface area contributed by atoms with Gasteiger partial charge in [-0.2, -0.15) is 0 Å². The van der Waals surface area contributed by atoms with Gasteiger partial charge in [0.2, 0.25) is 17.7 Å². The van der Waals surface area contributed by atoms with E-state index in [-0.39, 0.29) is 78.8 Å². The number of rotatable bonds is 17. The number of nitrogens with one attached hydrogen (secondary N) is 5. The molecule has 5 aromatic carbocycles. The van der Waals surface area contributed by atoms with Crippen LogP contribution in [-0.4, -0.2) is 147 Å². The molecule has 0 spiro atoms. The molecule has 0 aliphatic carbocycles. The largest absolute Gasteiger partial charge is 0.381 e. The van der Waals surface area contributed by atoms with Crippen LogP contribution in [0.2, 0.25) is 0 Å². The Kier molecular flexibility index (Phi) is 18.1. The van der Waals surface area contributed by atoms with E-state index in [1.165, 1.54) is 23.1 Å². The van der Waals surface area contributed by atoms with E-state index in [1.807, 2.05) is 32.0 Å². The van der Waals surface area contributed by atoms with Crippen molar-refractivity contribution in [1.82, 2.24) is 25.3 Å². The fourth-order valence-electron chi connectivity index (χ4n) is 12.5. The number of anilines is 4. The van der Waals surface area contributed by atoms with E-state index in [1.54, 1.807) is 66.5 Å². The molecule has 5 aromatic rings. The number of morpholine rings is 1. The molecule has 5 aliphatic rings. The Morgan fingerprint density at radius 1 is 0.819 bits per heavy atom. The summed E-state index contributed by atoms with van der Waals surface area (Å²) in [6.45, 7) is 13.4. The second-order valence-electron chi connectivity index (χ2n) is 23.3. The predicted molar refractivity (Wildman–Crippen MR) is 311 cm³/mol. The van der Waals surface area contributed by atoms with Gasteiger partial charge in [-0.1, -0.05) is 36.4 Å². The predicted octanol–water partition coefficient (Wildman–Crippen LogP) is 6.57. The maximum atomic E-state index is 15.0. The first-order chi connectivity index (χ1) is 39.9. The fourth-order valence-corrected chi connectivity index (χ4v) is 12.5. The first kappa shape index (κ1) is 59.1. The van der Waals surface area contributed by atoms with Crippen LogP contribution in [0.25, 0.3) is 0 Å². The third-order valence-corrected chi connectivity index (χ3v) is 17.6. The van der Waals surface area contributed by atoms with E-state index >= 15 is 8.78 Å². The van der Waals surface area contributed by atoms with Crippen LogP contribution in [0.3, 0.4) is 0 Å². The van der Waals surface area contributed by atoms with Crippen molar-refractivity contribution in [3.05, 3.63) is 154 Å². The van der Waals surface area contributed by atoms with Crippen LogP contribution in [0.15, 0.2) is 103 Å². The van der Waals surface area contributed by atoms with Gasteiger partial charge in [0.05, 0.1) is 31.1 Å². The summed E-state index contributed by atoms with van der Waals surface area (Å²) in [4.78, 5) is 80.7. The number of likely N-dealkylation sites (N-methyl/N-ethyl adjacent to an activating group) is 1. The van der Waals surface area contributed by atoms with E-state index in [0.717, 1.165) is 42.9 Å². The number of piperazine rings is 1. The maximum Gasteiger partial charge on any atom is 0.255 e. The quantitative estimate of drug-likeness (QED) is 0.0586. The molecule has 0 aromatic heterocycles. The second-order valence-corrected chi connectivity index (χ2v) is 23.3. The van der Waals surface area contributed by atoms with E-state index < -0.39 is 52.6 Å². The molecule has 17 nitrogen and oxygen atoms in total. The molecule has 5 heterocycles. The van der Waals surface area contributed by atoms with Crippen molar-refractivity contribution >= 4 is 52.3 Å². The topological polar surface area (TPSA) is 203 Å². The summed E-state index contributed by atoms with van der Waals surface area (Å²) in [6.07, 6.45) is 1.64. The maximum absolute atomic E-state index is 15.0. The highest BCUT2D eigenvalue weighted by Crippen LogP contribution is 2.44. The van der Waals surface area contributed by atoms with Gasteiger partial charge in [0.1, 0.15) is 29.2 Å². The number of hydrogen-bond donors (Lipinski definition) is 6. The number of amides is 5. The SMILES string of the molecule is CN[C@@H](C)C(N)[C@@H](C(=O)N1Cc2ccc(NC(=O)c3ccc(NC(=O)C4(C)CN(C(=O)CN5C[C@@H](C)NC[C@@H]5CN5CCOC[C@H]5C)c5cc(Cc6ccc(F)cc6)ccc54)cc3)cc2[C@H]1C(=O)Nc1c(F)cccc1F)C1CCOCC1. The van der Waals surface area contributed by atoms with Crippen LogP contribution >= 0.6 is 0 Å². The highest BCUT2D eigenvalue weighted by molar-refractivity contribution is 6.08. The minimum absolute atomic E-state index is 0.00320. The summed E-state index contributed by atoms with van der Waals surface area (Å²) < 4.78 is 55.3. The lowest BCUT2D eigenvalue weighted by Gasteiger charge is -2.43. The molecule has 8 atom stereocenters. The zero-order chi connectivity index (χ0) is 58.7. The molecule has 5 aliphatic heterocycles. The Labute approximate surface area is 482 Å². The number of fused-ring (bicyclic) bond motifs is 2. The summed E-state index contributed by atoms with van der Waals surface area (Å²) in [6, 6.07) is 24.9. The van der Waals surface area contributed by atoms with Crippen LogP contribution in [0.1, 0.15) is 84.8 Å². The van der Waals surface area contributed by atoms with Crippen molar-refractivity contribution in [1.29, 1.82) is 0 Å². The van der Waals surface area contributed by atoms with Gasteiger partial charge in [0.15, 0.2) is 0 Å². The Bertz CT molecular complexity index is 3180. The Morgan fingerprint density at radius 2 is 1.53 bits per heavy atom. The van der Waals surface area contributed by atoms with Crippen LogP contribution < -0.4 is 37.2 Å². The number of ether oxygens (including phenoxy) is 2. The molecular weight excluding hydrogens is 1070 g/mol. The van der Waals surface area contributed by atoms with E-state index in [9.17, 15) is 28.4 Å². The zero-order valence-electron chi connectivity index (χ0n) is 47.7. The third-order valence-electron chi connectivity index (χ3n) is 17.6. The van der Waals surface area contributed by atoms with Crippen molar-refractivity contribution in [2.24, 2.45) is 17.6 Å². The van der Waals surface area contributed by atoms with Gasteiger partial charge < -0.3 is 51.6 Å². The van der Waals surface area contributed by atoms with Crippen molar-refractivity contribution in [2.45, 2.75) is 95.2 Å². The molecular formula is C63H75F3N10O7. The molecule has 440 valence electrons. The molecule has 20 heteroatoms. The van der Waals surface area contributed by atoms with Crippen molar-refractivity contribution in [2.75, 3.05) is 93.6 Å². The van der Waals surface area contributed by atoms with Crippen LogP contribution in [0.4, 0.5) is 35.9 Å². The molecule has 5 amide bonds. The van der Waals surface area contributed by atoms with Crippen molar-refractivity contribution < 1.29 is 46.6 Å². The minimum Gasteiger partial charge on any atom is -0.381 e. The number of hydrogen-bond acceptors (Lipinski definition) is 12. The molecule has 10 rings (SSSR count). The highest BCUT2D eigenvalue weighted by atomic mass is 19.1. The highest BCUT2D eigenvalue weighted by Gasteiger charge is 2.49. The van der Waals surface area contributed by atoms with Gasteiger partial charge in [-0.25, -0.2) is 13.2 Å². The average molecular weight is 1140 g/mol. The first-order valence-electron chi connectivity index (χ1n) is 28.8. The fraction of sp³-hybridized carbons (Fsp3) is 0.444. The number of carbonyl (C=O) groups excluding carboxylic acids is 5. The number of benzene rings is 5. The lowest BCUT2D eigenvalue weighted by atomic mass is 9.78. The van der Waals surface area contributed by atoms with Crippen LogP contribution in [0, 0.1) is 29.3 Å². The Balaban J connectivity index is 0.864. The number of para-hydroxylation sites is 1. The summed E-state index contributed by atoms with van der Waals surface area (Å²) in [5, 5.41) is 15.1. The average Bonchev–Trinajstić information content (AvgIpc) is 2.70. The molecule has 3 saturated heterocycles. The first-order valence-corrected chi connectivity index (χ1v) is 28.8. The van der Waals surface area contributed by atoms with Crippen LogP contribution in [-0.2, 0) is 47.0 Å². The minimum atomic E-state index is -1.35. The molecule has 0 bridgehead atoms. The molecule has 83 heavy (non-hydrogen) atoms. The number of halogens is 3. The summed E-state index contributed by atoms with van der Waals surface area (Å²) in [5.41, 5.74) is 10.00. The lowest BCUT2D eigenvalue weighted by molar-refractivity contribution is -0.146. The van der Waals surface area contributed by atoms with E-state index in [0.29, 0.717) is 86.0 Å². The number of carbonyl (C=O) groups is 5. The standard InChI is InChI=1S/C63H75F3N10O7/c1-37-31-74(48(30-69-37)33-73-23-26-83-35-38(73)2)34-54(77)76-36-63(4,50-20-11-41(28-53(50)76)27-40-9-15-45(64)16-10-40)62(81)71-46-17-12-43(13-18-46)59(78)70-47-19-14-44-32-75(61(80)55(56(67)39(3)68-5)42-21-24-82-25-22-42)58(49(44)29-47)60(79)72-57-51(65)7-6-8-52(57)66/h6-20,28-29,37-39,42,48,55-56,58,68-69H,21-27,30-36,67H2,1-5H3,(H,70,78)(H,71,81)(H,72,79)/t37-,38-,39+,48-,55+,56?,58+,63?/m1/s1. The molecule has 3 fully saturated rings. The summed E-state index contributed by atoms with van der Waals surface area (Å²) in [7, 11) is 1.76. The van der Waals surface area contributed by atoms with E-state index in [2.05, 4.69) is 50.2 Å². The van der Waals surface area contributed by atoms with Gasteiger partial charge >= 0.3 is 0 Å². The number of nitrogens with two attached hydrogens (primary N) is 1. The second kappa shape index (κ2) is 25.4. The summed E-state index contributed by atoms with van der Waals surface area (Å²) in [5.74, 6) is -5.44.